The second-order valence-electron chi connectivity index (χ2n) is 4.20. The van der Waals surface area contributed by atoms with Crippen LogP contribution in [0.2, 0.25) is 0 Å². The molecular weight excluding hydrogens is 350 g/mol. The minimum Gasteiger partial charge on any atom is -0.309 e. The van der Waals surface area contributed by atoms with E-state index in [1.807, 2.05) is 20.8 Å². The average Bonchev–Trinajstić information content (AvgIpc) is 2.27. The monoisotopic (exact) mass is 376 g/mol. The highest BCUT2D eigenvalue weighted by Gasteiger charge is 2.32. The number of hydrogen-bond donors (Lipinski definition) is 0. The summed E-state index contributed by atoms with van der Waals surface area (Å²) in [5.74, 6) is 0. The van der Waals surface area contributed by atoms with Gasteiger partial charge in [-0.1, -0.05) is 49.3 Å². The standard InChI is InChI=1S/C12H26IO3P/c1-5-8-9-12(13)10-11(4)17(14,15-6-2)16-7-3/h11-12H,5-10H2,1-4H3/t11-,12+/m1/s1. The average molecular weight is 376 g/mol. The zero-order valence-corrected chi connectivity index (χ0v) is 14.5. The molecule has 0 spiro atoms. The van der Waals surface area contributed by atoms with Crippen LogP contribution in [0.25, 0.3) is 0 Å². The maximum Gasteiger partial charge on any atom is 0.333 e. The number of alkyl halides is 1. The van der Waals surface area contributed by atoms with Gasteiger partial charge in [0.25, 0.3) is 0 Å². The zero-order valence-electron chi connectivity index (χ0n) is 11.4. The van der Waals surface area contributed by atoms with E-state index in [1.54, 1.807) is 0 Å². The molecule has 0 radical (unpaired) electrons. The highest BCUT2D eigenvalue weighted by Crippen LogP contribution is 2.54. The molecule has 0 aliphatic rings. The van der Waals surface area contributed by atoms with Gasteiger partial charge in [0.1, 0.15) is 0 Å². The molecule has 0 saturated heterocycles. The van der Waals surface area contributed by atoms with Gasteiger partial charge in [-0.05, 0) is 26.7 Å². The van der Waals surface area contributed by atoms with Gasteiger partial charge in [-0.25, -0.2) is 0 Å². The summed E-state index contributed by atoms with van der Waals surface area (Å²) < 4.78 is 23.8. The second kappa shape index (κ2) is 9.76. The van der Waals surface area contributed by atoms with Crippen LogP contribution in [0.4, 0.5) is 0 Å². The van der Waals surface area contributed by atoms with Crippen molar-refractivity contribution in [2.45, 2.75) is 63.0 Å². The molecule has 0 rings (SSSR count). The summed E-state index contributed by atoms with van der Waals surface area (Å²) in [6.45, 7) is 8.78. The Balaban J connectivity index is 4.31. The molecule has 17 heavy (non-hydrogen) atoms. The largest absolute Gasteiger partial charge is 0.333 e. The normalized spacial score (nSPS) is 15.8. The van der Waals surface area contributed by atoms with Gasteiger partial charge < -0.3 is 9.05 Å². The quantitative estimate of drug-likeness (QED) is 0.305. The third kappa shape index (κ3) is 7.14. The molecule has 0 aromatic rings. The molecule has 0 saturated carbocycles. The summed E-state index contributed by atoms with van der Waals surface area (Å²) in [7, 11) is -2.90. The first-order chi connectivity index (χ1) is 8.00. The second-order valence-corrected chi connectivity index (χ2v) is 8.44. The first kappa shape index (κ1) is 17.9. The number of hydrogen-bond acceptors (Lipinski definition) is 3. The third-order valence-corrected chi connectivity index (χ3v) is 6.28. The Morgan fingerprint density at radius 2 is 1.71 bits per heavy atom. The van der Waals surface area contributed by atoms with Crippen molar-refractivity contribution in [3.8, 4) is 0 Å². The van der Waals surface area contributed by atoms with E-state index >= 15 is 0 Å². The fourth-order valence-electron chi connectivity index (χ4n) is 1.69. The molecule has 104 valence electrons. The molecule has 0 aromatic carbocycles. The smallest absolute Gasteiger partial charge is 0.309 e. The summed E-state index contributed by atoms with van der Waals surface area (Å²) in [5, 5.41) is 0. The van der Waals surface area contributed by atoms with Crippen LogP contribution >= 0.6 is 30.2 Å². The Hall–Kier alpha value is 0.880. The van der Waals surface area contributed by atoms with E-state index in [0.717, 1.165) is 6.42 Å². The predicted molar refractivity (Wildman–Crippen MR) is 82.3 cm³/mol. The van der Waals surface area contributed by atoms with E-state index < -0.39 is 7.60 Å². The van der Waals surface area contributed by atoms with Gasteiger partial charge in [-0.3, -0.25) is 4.57 Å². The lowest BCUT2D eigenvalue weighted by Crippen LogP contribution is -2.14. The van der Waals surface area contributed by atoms with Gasteiger partial charge in [-0.15, -0.1) is 0 Å². The van der Waals surface area contributed by atoms with Gasteiger partial charge in [-0.2, -0.15) is 0 Å². The van der Waals surface area contributed by atoms with E-state index in [9.17, 15) is 4.57 Å². The van der Waals surface area contributed by atoms with Gasteiger partial charge in [0, 0.05) is 3.92 Å². The molecule has 2 atom stereocenters. The van der Waals surface area contributed by atoms with Crippen molar-refractivity contribution >= 4 is 30.2 Å². The molecule has 0 fully saturated rings. The SMILES string of the molecule is CCCC[C@H](I)C[C@@H](C)P(=O)(OCC)OCC. The zero-order chi connectivity index (χ0) is 13.3. The molecule has 0 aromatic heterocycles. The Labute approximate surface area is 120 Å². The first-order valence-electron chi connectivity index (χ1n) is 6.52. The summed E-state index contributed by atoms with van der Waals surface area (Å²) in [6, 6.07) is 0. The van der Waals surface area contributed by atoms with Crippen LogP contribution in [-0.4, -0.2) is 22.8 Å². The molecule has 0 heterocycles. The van der Waals surface area contributed by atoms with Crippen molar-refractivity contribution in [3.63, 3.8) is 0 Å². The number of halogens is 1. The van der Waals surface area contributed by atoms with E-state index in [1.165, 1.54) is 19.3 Å². The molecule has 5 heteroatoms. The molecule has 0 bridgehead atoms. The Kier molecular flexibility index (Phi) is 10.3. The maximum atomic E-state index is 12.5. The van der Waals surface area contributed by atoms with E-state index in [2.05, 4.69) is 29.5 Å². The van der Waals surface area contributed by atoms with Crippen LogP contribution in [0.1, 0.15) is 53.4 Å². The summed E-state index contributed by atoms with van der Waals surface area (Å²) in [6.07, 6.45) is 4.52. The lowest BCUT2D eigenvalue weighted by molar-refractivity contribution is 0.212. The van der Waals surface area contributed by atoms with Crippen LogP contribution in [0.5, 0.6) is 0 Å². The van der Waals surface area contributed by atoms with Crippen LogP contribution in [-0.2, 0) is 13.6 Å². The fraction of sp³-hybridized carbons (Fsp3) is 1.00. The summed E-state index contributed by atoms with van der Waals surface area (Å²) in [5.41, 5.74) is -0.0128. The van der Waals surface area contributed by atoms with Gasteiger partial charge >= 0.3 is 7.60 Å². The van der Waals surface area contributed by atoms with Crippen molar-refractivity contribution in [1.82, 2.24) is 0 Å². The van der Waals surface area contributed by atoms with Gasteiger partial charge in [0.2, 0.25) is 0 Å². The third-order valence-electron chi connectivity index (χ3n) is 2.63. The Bertz CT molecular complexity index is 226. The van der Waals surface area contributed by atoms with E-state index in [0.29, 0.717) is 17.1 Å². The van der Waals surface area contributed by atoms with Crippen molar-refractivity contribution < 1.29 is 13.6 Å². The topological polar surface area (TPSA) is 35.5 Å². The van der Waals surface area contributed by atoms with Crippen molar-refractivity contribution in [2.75, 3.05) is 13.2 Å². The molecule has 0 unspecified atom stereocenters. The van der Waals surface area contributed by atoms with Crippen LogP contribution < -0.4 is 0 Å². The van der Waals surface area contributed by atoms with Crippen molar-refractivity contribution in [3.05, 3.63) is 0 Å². The van der Waals surface area contributed by atoms with Gasteiger partial charge in [0.15, 0.2) is 0 Å². The molecule has 3 nitrogen and oxygen atoms in total. The Morgan fingerprint density at radius 3 is 2.12 bits per heavy atom. The summed E-state index contributed by atoms with van der Waals surface area (Å²) >= 11 is 2.44. The predicted octanol–water partition coefficient (Wildman–Crippen LogP) is 5.02. The molecular formula is C12H26IO3P. The molecule has 0 aliphatic carbocycles. The number of rotatable bonds is 10. The van der Waals surface area contributed by atoms with E-state index in [4.69, 9.17) is 9.05 Å². The lowest BCUT2D eigenvalue weighted by Gasteiger charge is -2.25. The summed E-state index contributed by atoms with van der Waals surface area (Å²) in [4.78, 5) is 0. The van der Waals surface area contributed by atoms with Crippen LogP contribution in [0.15, 0.2) is 0 Å². The lowest BCUT2D eigenvalue weighted by atomic mass is 10.1. The molecule has 0 N–H and O–H groups in total. The fourth-order valence-corrected chi connectivity index (χ4v) is 5.12. The van der Waals surface area contributed by atoms with Crippen molar-refractivity contribution in [1.29, 1.82) is 0 Å². The van der Waals surface area contributed by atoms with Gasteiger partial charge in [0.05, 0.1) is 18.9 Å². The first-order valence-corrected chi connectivity index (χ1v) is 9.38. The van der Waals surface area contributed by atoms with Crippen LogP contribution in [0.3, 0.4) is 0 Å². The maximum absolute atomic E-state index is 12.5. The Morgan fingerprint density at radius 1 is 1.18 bits per heavy atom. The van der Waals surface area contributed by atoms with Crippen molar-refractivity contribution in [2.24, 2.45) is 0 Å². The minimum absolute atomic E-state index is 0.0128. The van der Waals surface area contributed by atoms with E-state index in [-0.39, 0.29) is 5.66 Å². The highest BCUT2D eigenvalue weighted by molar-refractivity contribution is 14.1. The number of unbranched alkanes of at least 4 members (excludes halogenated alkanes) is 1. The van der Waals surface area contributed by atoms with Crippen LogP contribution in [0, 0.1) is 0 Å². The molecule has 0 amide bonds. The highest BCUT2D eigenvalue weighted by atomic mass is 127. The minimum atomic E-state index is -2.90. The molecule has 0 aliphatic heterocycles.